The lowest BCUT2D eigenvalue weighted by molar-refractivity contribution is -0.173. The normalized spacial score (nSPS) is 20.2. The molecule has 1 aromatic heterocycles. The van der Waals surface area contributed by atoms with E-state index in [2.05, 4.69) is 10.4 Å². The summed E-state index contributed by atoms with van der Waals surface area (Å²) in [6.45, 7) is 1.59. The molecular formula is C24H21Cl2F4N5O. The van der Waals surface area contributed by atoms with Crippen LogP contribution in [0.5, 0.6) is 0 Å². The molecule has 2 aliphatic rings. The van der Waals surface area contributed by atoms with Crippen LogP contribution in [0.1, 0.15) is 34.6 Å². The van der Waals surface area contributed by atoms with E-state index in [1.807, 2.05) is 4.90 Å². The Morgan fingerprint density at radius 2 is 1.61 bits per heavy atom. The average molecular weight is 542 g/mol. The maximum absolute atomic E-state index is 14.0. The van der Waals surface area contributed by atoms with Gasteiger partial charge in [0.15, 0.2) is 11.7 Å². The summed E-state index contributed by atoms with van der Waals surface area (Å²) in [5.74, 6) is -0.917. The highest BCUT2D eigenvalue weighted by atomic mass is 35.5. The van der Waals surface area contributed by atoms with Crippen LogP contribution in [-0.2, 0) is 0 Å². The fourth-order valence-corrected chi connectivity index (χ4v) is 5.00. The number of halogens is 6. The van der Waals surface area contributed by atoms with Gasteiger partial charge in [0.1, 0.15) is 16.7 Å². The van der Waals surface area contributed by atoms with Gasteiger partial charge in [-0.2, -0.15) is 18.3 Å². The number of hydrogen-bond acceptors (Lipinski definition) is 4. The largest absolute Gasteiger partial charge is 0.410 e. The molecule has 190 valence electrons. The maximum atomic E-state index is 14.0. The molecule has 0 saturated carbocycles. The quantitative estimate of drug-likeness (QED) is 0.416. The number of fused-ring (bicyclic) bond motifs is 1. The minimum Gasteiger partial charge on any atom is -0.368 e. The molecule has 2 atom stereocenters. The van der Waals surface area contributed by atoms with E-state index in [0.717, 1.165) is 10.4 Å². The van der Waals surface area contributed by atoms with Crippen LogP contribution < -0.4 is 10.2 Å². The van der Waals surface area contributed by atoms with Gasteiger partial charge >= 0.3 is 6.18 Å². The highest BCUT2D eigenvalue weighted by Crippen LogP contribution is 2.46. The number of piperazine rings is 1. The van der Waals surface area contributed by atoms with Crippen molar-refractivity contribution in [3.63, 3.8) is 0 Å². The van der Waals surface area contributed by atoms with Crippen LogP contribution in [0.3, 0.4) is 0 Å². The van der Waals surface area contributed by atoms with Gasteiger partial charge in [0, 0.05) is 43.3 Å². The van der Waals surface area contributed by atoms with Gasteiger partial charge in [0.05, 0.1) is 6.04 Å². The molecule has 3 aromatic rings. The number of carbonyl (C=O) groups is 1. The molecule has 1 amide bonds. The molecule has 36 heavy (non-hydrogen) atoms. The Labute approximate surface area is 214 Å². The first-order valence-electron chi connectivity index (χ1n) is 11.3. The lowest BCUT2D eigenvalue weighted by Crippen LogP contribution is -2.49. The van der Waals surface area contributed by atoms with E-state index in [1.165, 1.54) is 17.0 Å². The second kappa shape index (κ2) is 9.48. The van der Waals surface area contributed by atoms with Crippen molar-refractivity contribution in [2.75, 3.05) is 36.4 Å². The third-order valence-corrected chi connectivity index (χ3v) is 7.14. The number of hydrogen-bond donors (Lipinski definition) is 1. The van der Waals surface area contributed by atoms with Crippen LogP contribution in [0, 0.1) is 5.82 Å². The van der Waals surface area contributed by atoms with E-state index < -0.39 is 24.2 Å². The van der Waals surface area contributed by atoms with Crippen molar-refractivity contribution in [1.82, 2.24) is 14.7 Å². The Kier molecular flexibility index (Phi) is 6.50. The zero-order chi connectivity index (χ0) is 25.6. The molecule has 6 nitrogen and oxygen atoms in total. The monoisotopic (exact) mass is 541 g/mol. The van der Waals surface area contributed by atoms with E-state index in [9.17, 15) is 22.4 Å². The molecule has 0 bridgehead atoms. The first-order valence-corrected chi connectivity index (χ1v) is 12.0. The molecule has 0 spiro atoms. The summed E-state index contributed by atoms with van der Waals surface area (Å²) in [6, 6.07) is 9.92. The van der Waals surface area contributed by atoms with Gasteiger partial charge in [-0.05, 0) is 42.0 Å². The van der Waals surface area contributed by atoms with Gasteiger partial charge in [-0.25, -0.2) is 9.07 Å². The van der Waals surface area contributed by atoms with Crippen LogP contribution >= 0.6 is 23.2 Å². The van der Waals surface area contributed by atoms with Crippen molar-refractivity contribution in [1.29, 1.82) is 0 Å². The number of amides is 1. The van der Waals surface area contributed by atoms with Crippen molar-refractivity contribution in [3.05, 3.63) is 75.7 Å². The lowest BCUT2D eigenvalue weighted by atomic mass is 9.97. The molecule has 0 unspecified atom stereocenters. The minimum atomic E-state index is -4.60. The Bertz CT molecular complexity index is 1260. The molecule has 2 aliphatic heterocycles. The third kappa shape index (κ3) is 4.71. The fraction of sp³-hybridized carbons (Fsp3) is 0.333. The number of aromatic nitrogens is 2. The molecule has 1 saturated heterocycles. The molecule has 5 rings (SSSR count). The molecule has 12 heteroatoms. The number of anilines is 2. The van der Waals surface area contributed by atoms with Crippen molar-refractivity contribution >= 4 is 40.6 Å². The molecule has 1 fully saturated rings. The average Bonchev–Trinajstić information content (AvgIpc) is 3.19. The number of rotatable bonds is 3. The SMILES string of the molecule is O=C(c1nn2c(c1Cl)N[C@@H](c1ccc(Cl)cc1)C[C@H]2C(F)(F)F)N1CCN(c2ccc(F)cc2)CC1. The van der Waals surface area contributed by atoms with Gasteiger partial charge in [0.2, 0.25) is 0 Å². The highest BCUT2D eigenvalue weighted by molar-refractivity contribution is 6.36. The maximum Gasteiger partial charge on any atom is 0.410 e. The third-order valence-electron chi connectivity index (χ3n) is 6.53. The highest BCUT2D eigenvalue weighted by Gasteiger charge is 2.48. The van der Waals surface area contributed by atoms with E-state index in [4.69, 9.17) is 23.2 Å². The summed E-state index contributed by atoms with van der Waals surface area (Å²) < 4.78 is 56.0. The first kappa shape index (κ1) is 24.7. The van der Waals surface area contributed by atoms with Gasteiger partial charge < -0.3 is 15.1 Å². The van der Waals surface area contributed by atoms with E-state index in [1.54, 1.807) is 36.4 Å². The minimum absolute atomic E-state index is 0.0431. The smallest absolute Gasteiger partial charge is 0.368 e. The van der Waals surface area contributed by atoms with Crippen molar-refractivity contribution in [3.8, 4) is 0 Å². The first-order chi connectivity index (χ1) is 17.1. The van der Waals surface area contributed by atoms with Crippen LogP contribution in [0.25, 0.3) is 0 Å². The zero-order valence-electron chi connectivity index (χ0n) is 18.8. The molecule has 3 heterocycles. The van der Waals surface area contributed by atoms with E-state index >= 15 is 0 Å². The summed E-state index contributed by atoms with van der Waals surface area (Å²) in [6.07, 6.45) is -4.92. The molecular weight excluding hydrogens is 521 g/mol. The number of alkyl halides is 3. The summed E-state index contributed by atoms with van der Waals surface area (Å²) in [4.78, 5) is 16.8. The van der Waals surface area contributed by atoms with Gasteiger partial charge in [-0.1, -0.05) is 35.3 Å². The molecule has 0 aliphatic carbocycles. The van der Waals surface area contributed by atoms with E-state index in [0.29, 0.717) is 36.8 Å². The standard InChI is InChI=1S/C24H21Cl2F4N5O/c25-15-3-1-14(2-4-15)18-13-19(24(28,29)30)35-22(31-18)20(26)21(32-35)23(36)34-11-9-33(10-12-34)17-7-5-16(27)6-8-17/h1-8,18-19,31H,9-13H2/t18-,19+/m1/s1. The number of benzene rings is 2. The topological polar surface area (TPSA) is 53.4 Å². The Hall–Kier alpha value is -2.98. The van der Waals surface area contributed by atoms with Gasteiger partial charge in [-0.3, -0.25) is 4.79 Å². The summed E-state index contributed by atoms with van der Waals surface area (Å²) in [5, 5.41) is 7.39. The van der Waals surface area contributed by atoms with Gasteiger partial charge in [0.25, 0.3) is 5.91 Å². The number of nitrogens with one attached hydrogen (secondary N) is 1. The van der Waals surface area contributed by atoms with Crippen molar-refractivity contribution < 1.29 is 22.4 Å². The zero-order valence-corrected chi connectivity index (χ0v) is 20.3. The molecule has 0 radical (unpaired) electrons. The molecule has 1 N–H and O–H groups in total. The molecule has 2 aromatic carbocycles. The summed E-state index contributed by atoms with van der Waals surface area (Å²) in [5.41, 5.74) is 1.21. The number of carbonyl (C=O) groups excluding carboxylic acids is 1. The van der Waals surface area contributed by atoms with Crippen LogP contribution in [0.2, 0.25) is 10.0 Å². The lowest BCUT2D eigenvalue weighted by Gasteiger charge is -2.35. The van der Waals surface area contributed by atoms with Gasteiger partial charge in [-0.15, -0.1) is 0 Å². The Morgan fingerprint density at radius 3 is 2.22 bits per heavy atom. The van der Waals surface area contributed by atoms with Crippen molar-refractivity contribution in [2.45, 2.75) is 24.7 Å². The van der Waals surface area contributed by atoms with Crippen LogP contribution in [0.15, 0.2) is 48.5 Å². The Balaban J connectivity index is 1.38. The van der Waals surface area contributed by atoms with E-state index in [-0.39, 0.29) is 28.8 Å². The predicted octanol–water partition coefficient (Wildman–Crippen LogP) is 5.95. The summed E-state index contributed by atoms with van der Waals surface area (Å²) in [7, 11) is 0. The van der Waals surface area contributed by atoms with Crippen LogP contribution in [-0.4, -0.2) is 52.9 Å². The predicted molar refractivity (Wildman–Crippen MR) is 129 cm³/mol. The van der Waals surface area contributed by atoms with Crippen LogP contribution in [0.4, 0.5) is 29.1 Å². The van der Waals surface area contributed by atoms with Crippen molar-refractivity contribution in [2.24, 2.45) is 0 Å². The summed E-state index contributed by atoms with van der Waals surface area (Å²) >= 11 is 12.4. The second-order valence-electron chi connectivity index (χ2n) is 8.75. The number of nitrogens with zero attached hydrogens (tertiary/aromatic N) is 4. The second-order valence-corrected chi connectivity index (χ2v) is 9.57. The Morgan fingerprint density at radius 1 is 0.972 bits per heavy atom. The fourth-order valence-electron chi connectivity index (χ4n) is 4.61.